The van der Waals surface area contributed by atoms with Crippen LogP contribution < -0.4 is 10.1 Å². The Bertz CT molecular complexity index is 995. The van der Waals surface area contributed by atoms with Crippen LogP contribution >= 0.6 is 11.8 Å². The van der Waals surface area contributed by atoms with Crippen molar-refractivity contribution in [1.82, 2.24) is 4.90 Å². The zero-order valence-electron chi connectivity index (χ0n) is 16.1. The maximum absolute atomic E-state index is 12.9. The molecule has 1 aliphatic rings. The monoisotopic (exact) mass is 437 g/mol. The second-order valence-corrected chi connectivity index (χ2v) is 7.57. The molecule has 0 aromatic heterocycles. The Morgan fingerprint density at radius 3 is 2.67 bits per heavy atom. The Labute approximate surface area is 175 Å². The Balaban J connectivity index is 1.83. The maximum Gasteiger partial charge on any atom is 0.416 e. The molecule has 1 saturated heterocycles. The van der Waals surface area contributed by atoms with Crippen molar-refractivity contribution in [3.63, 3.8) is 0 Å². The van der Waals surface area contributed by atoms with Crippen molar-refractivity contribution >= 4 is 40.1 Å². The first-order valence-electron chi connectivity index (χ1n) is 8.82. The van der Waals surface area contributed by atoms with E-state index in [4.69, 9.17) is 4.74 Å². The Kier molecular flexibility index (Phi) is 6.35. The summed E-state index contributed by atoms with van der Waals surface area (Å²) in [6.45, 7) is 0. The topological polar surface area (TPSA) is 71.0 Å². The quantitative estimate of drug-likeness (QED) is 0.774. The van der Waals surface area contributed by atoms with Crippen LogP contribution in [0.5, 0.6) is 5.75 Å². The fraction of sp³-hybridized carbons (Fsp3) is 0.250. The predicted molar refractivity (Wildman–Crippen MR) is 109 cm³/mol. The molecule has 10 heteroatoms. The van der Waals surface area contributed by atoms with Gasteiger partial charge in [0, 0.05) is 13.5 Å². The van der Waals surface area contributed by atoms with Crippen molar-refractivity contribution in [1.29, 1.82) is 0 Å². The molecule has 1 atom stereocenters. The van der Waals surface area contributed by atoms with Crippen molar-refractivity contribution in [2.24, 2.45) is 4.99 Å². The molecule has 1 heterocycles. The molecule has 2 aromatic carbocycles. The number of thioether (sulfide) groups is 1. The first-order chi connectivity index (χ1) is 14.2. The Morgan fingerprint density at radius 2 is 1.97 bits per heavy atom. The number of benzene rings is 2. The smallest absolute Gasteiger partial charge is 0.416 e. The summed E-state index contributed by atoms with van der Waals surface area (Å²) < 4.78 is 44.0. The van der Waals surface area contributed by atoms with Crippen molar-refractivity contribution in [3.8, 4) is 5.75 Å². The molecule has 1 fully saturated rings. The average Bonchev–Trinajstić information content (AvgIpc) is 2.71. The number of nitrogens with zero attached hydrogens (tertiary/aromatic N) is 2. The summed E-state index contributed by atoms with van der Waals surface area (Å²) in [6.07, 6.45) is -4.57. The predicted octanol–water partition coefficient (Wildman–Crippen LogP) is 4.30. The van der Waals surface area contributed by atoms with Gasteiger partial charge < -0.3 is 10.1 Å². The highest BCUT2D eigenvalue weighted by Crippen LogP contribution is 2.34. The molecule has 158 valence electrons. The molecule has 0 spiro atoms. The van der Waals surface area contributed by atoms with Gasteiger partial charge in [0.15, 0.2) is 5.17 Å². The van der Waals surface area contributed by atoms with Gasteiger partial charge in [-0.15, -0.1) is 0 Å². The zero-order valence-corrected chi connectivity index (χ0v) is 16.9. The number of para-hydroxylation sites is 2. The maximum atomic E-state index is 12.9. The molecule has 0 saturated carbocycles. The van der Waals surface area contributed by atoms with E-state index in [9.17, 15) is 22.8 Å². The van der Waals surface area contributed by atoms with Crippen LogP contribution in [0.1, 0.15) is 12.0 Å². The standard InChI is InChI=1S/C20H18F3N3O3S/c1-26-17(27)11-16(18(28)25-14-8-3-4-9-15(14)29-2)30-19(26)24-13-7-5-6-12(10-13)20(21,22)23/h3-10,16H,11H2,1-2H3,(H,25,28). The average molecular weight is 437 g/mol. The number of hydrogen-bond donors (Lipinski definition) is 1. The van der Waals surface area contributed by atoms with E-state index in [1.165, 1.54) is 31.2 Å². The van der Waals surface area contributed by atoms with Crippen LogP contribution in [0.2, 0.25) is 0 Å². The third-order valence-corrected chi connectivity index (χ3v) is 5.57. The lowest BCUT2D eigenvalue weighted by Crippen LogP contribution is -2.43. The van der Waals surface area contributed by atoms with Gasteiger partial charge in [0.2, 0.25) is 11.8 Å². The summed E-state index contributed by atoms with van der Waals surface area (Å²) in [6, 6.07) is 11.3. The van der Waals surface area contributed by atoms with Crippen LogP contribution in [0.4, 0.5) is 24.5 Å². The third kappa shape index (κ3) is 4.93. The number of aliphatic imine (C=N–C) groups is 1. The molecule has 0 radical (unpaired) electrons. The van der Waals surface area contributed by atoms with Crippen molar-refractivity contribution in [3.05, 3.63) is 54.1 Å². The number of carbonyl (C=O) groups is 2. The van der Waals surface area contributed by atoms with E-state index in [1.807, 2.05) is 0 Å². The van der Waals surface area contributed by atoms with E-state index < -0.39 is 22.9 Å². The normalized spacial score (nSPS) is 18.4. The number of hydrogen-bond acceptors (Lipinski definition) is 5. The molecule has 0 bridgehead atoms. The molecule has 30 heavy (non-hydrogen) atoms. The van der Waals surface area contributed by atoms with Crippen LogP contribution in [0.25, 0.3) is 0 Å². The number of alkyl halides is 3. The number of methoxy groups -OCH3 is 1. The number of carbonyl (C=O) groups excluding carboxylic acids is 2. The molecule has 2 aromatic rings. The summed E-state index contributed by atoms with van der Waals surface area (Å²) in [4.78, 5) is 30.5. The third-order valence-electron chi connectivity index (χ3n) is 4.32. The minimum absolute atomic E-state index is 0.0396. The van der Waals surface area contributed by atoms with Gasteiger partial charge in [-0.3, -0.25) is 14.5 Å². The lowest BCUT2D eigenvalue weighted by Gasteiger charge is -2.29. The first-order valence-corrected chi connectivity index (χ1v) is 9.70. The van der Waals surface area contributed by atoms with E-state index in [2.05, 4.69) is 10.3 Å². The van der Waals surface area contributed by atoms with E-state index in [-0.39, 0.29) is 23.2 Å². The summed E-state index contributed by atoms with van der Waals surface area (Å²) >= 11 is 1.01. The van der Waals surface area contributed by atoms with Crippen LogP contribution in [0, 0.1) is 0 Å². The highest BCUT2D eigenvalue weighted by Gasteiger charge is 2.35. The SMILES string of the molecule is COc1ccccc1NC(=O)C1CC(=O)N(C)C(=Nc2cccc(C(F)(F)F)c2)S1. The number of amidine groups is 1. The van der Waals surface area contributed by atoms with Gasteiger partial charge in [0.05, 0.1) is 24.0 Å². The van der Waals surface area contributed by atoms with Crippen LogP contribution in [-0.4, -0.2) is 41.3 Å². The molecule has 1 unspecified atom stereocenters. The molecule has 6 nitrogen and oxygen atoms in total. The van der Waals surface area contributed by atoms with Gasteiger partial charge in [-0.05, 0) is 30.3 Å². The Hall–Kier alpha value is -3.01. The summed E-state index contributed by atoms with van der Waals surface area (Å²) in [7, 11) is 2.94. The fourth-order valence-electron chi connectivity index (χ4n) is 2.72. The Morgan fingerprint density at radius 1 is 1.23 bits per heavy atom. The zero-order chi connectivity index (χ0) is 21.9. The second kappa shape index (κ2) is 8.78. The molecule has 2 amide bonds. The lowest BCUT2D eigenvalue weighted by atomic mass is 10.2. The molecule has 0 aliphatic carbocycles. The number of halogens is 3. The number of rotatable bonds is 4. The highest BCUT2D eigenvalue weighted by molar-refractivity contribution is 8.15. The minimum atomic E-state index is -4.51. The van der Waals surface area contributed by atoms with E-state index in [1.54, 1.807) is 24.3 Å². The molecular weight excluding hydrogens is 419 g/mol. The van der Waals surface area contributed by atoms with Gasteiger partial charge in [-0.1, -0.05) is 30.0 Å². The number of anilines is 1. The number of amides is 2. The molecule has 3 rings (SSSR count). The largest absolute Gasteiger partial charge is 0.495 e. The first kappa shape index (κ1) is 21.7. The van der Waals surface area contributed by atoms with Gasteiger partial charge >= 0.3 is 6.18 Å². The van der Waals surface area contributed by atoms with Crippen LogP contribution in [-0.2, 0) is 15.8 Å². The van der Waals surface area contributed by atoms with E-state index in [0.29, 0.717) is 11.4 Å². The van der Waals surface area contributed by atoms with Gasteiger partial charge in [-0.25, -0.2) is 4.99 Å². The van der Waals surface area contributed by atoms with E-state index >= 15 is 0 Å². The van der Waals surface area contributed by atoms with Crippen LogP contribution in [0.3, 0.4) is 0 Å². The molecular formula is C20H18F3N3O3S. The van der Waals surface area contributed by atoms with Crippen molar-refractivity contribution in [2.75, 3.05) is 19.5 Å². The minimum Gasteiger partial charge on any atom is -0.495 e. The lowest BCUT2D eigenvalue weighted by molar-refractivity contribution is -0.137. The van der Waals surface area contributed by atoms with Crippen LogP contribution in [0.15, 0.2) is 53.5 Å². The summed E-state index contributed by atoms with van der Waals surface area (Å²) in [5.41, 5.74) is -0.351. The molecule has 1 N–H and O–H groups in total. The highest BCUT2D eigenvalue weighted by atomic mass is 32.2. The van der Waals surface area contributed by atoms with E-state index in [0.717, 1.165) is 23.9 Å². The number of ether oxygens (including phenoxy) is 1. The summed E-state index contributed by atoms with van der Waals surface area (Å²) in [5, 5.41) is 2.08. The second-order valence-electron chi connectivity index (χ2n) is 6.40. The fourth-order valence-corrected chi connectivity index (χ4v) is 3.79. The number of nitrogens with one attached hydrogen (secondary N) is 1. The van der Waals surface area contributed by atoms with Gasteiger partial charge in [0.1, 0.15) is 11.0 Å². The molecule has 1 aliphatic heterocycles. The van der Waals surface area contributed by atoms with Crippen molar-refractivity contribution in [2.45, 2.75) is 17.8 Å². The summed E-state index contributed by atoms with van der Waals surface area (Å²) in [5.74, 6) is -0.324. The van der Waals surface area contributed by atoms with Gasteiger partial charge in [-0.2, -0.15) is 13.2 Å². The van der Waals surface area contributed by atoms with Crippen molar-refractivity contribution < 1.29 is 27.5 Å². The van der Waals surface area contributed by atoms with Gasteiger partial charge in [0.25, 0.3) is 0 Å².